The van der Waals surface area contributed by atoms with E-state index in [9.17, 15) is 0 Å². The predicted octanol–water partition coefficient (Wildman–Crippen LogP) is 4.02. The molecule has 0 radical (unpaired) electrons. The van der Waals surface area contributed by atoms with Crippen molar-refractivity contribution in [2.45, 2.75) is 25.9 Å². The number of nitrogens with one attached hydrogen (secondary N) is 1. The first-order chi connectivity index (χ1) is 10.1. The highest BCUT2D eigenvalue weighted by molar-refractivity contribution is 6.31. The van der Waals surface area contributed by atoms with Gasteiger partial charge in [-0.05, 0) is 51.7 Å². The third kappa shape index (κ3) is 4.34. The van der Waals surface area contributed by atoms with Gasteiger partial charge in [0, 0.05) is 23.2 Å². The first-order valence-electron chi connectivity index (χ1n) is 7.25. The smallest absolute Gasteiger partial charge is 0.105 e. The van der Waals surface area contributed by atoms with Crippen molar-refractivity contribution in [1.29, 1.82) is 0 Å². The van der Waals surface area contributed by atoms with E-state index in [1.165, 1.54) is 5.56 Å². The highest BCUT2D eigenvalue weighted by atomic mass is 35.5. The molecule has 2 rings (SSSR count). The lowest BCUT2D eigenvalue weighted by Gasteiger charge is -2.22. The van der Waals surface area contributed by atoms with Crippen molar-refractivity contribution in [1.82, 2.24) is 10.2 Å². The summed E-state index contributed by atoms with van der Waals surface area (Å²) in [6, 6.07) is 10.3. The van der Waals surface area contributed by atoms with Crippen molar-refractivity contribution in [3.63, 3.8) is 0 Å². The van der Waals surface area contributed by atoms with Gasteiger partial charge in [-0.2, -0.15) is 0 Å². The fraction of sp³-hybridized carbons (Fsp3) is 0.412. The van der Waals surface area contributed by atoms with Gasteiger partial charge in [-0.1, -0.05) is 29.8 Å². The van der Waals surface area contributed by atoms with Crippen molar-refractivity contribution in [2.75, 3.05) is 20.6 Å². The van der Waals surface area contributed by atoms with Crippen molar-refractivity contribution in [2.24, 2.45) is 0 Å². The molecule has 0 aliphatic rings. The lowest BCUT2D eigenvalue weighted by Crippen LogP contribution is -2.25. The van der Waals surface area contributed by atoms with Gasteiger partial charge >= 0.3 is 0 Å². The Labute approximate surface area is 131 Å². The Morgan fingerprint density at radius 3 is 2.67 bits per heavy atom. The van der Waals surface area contributed by atoms with Crippen LogP contribution in [0.4, 0.5) is 0 Å². The van der Waals surface area contributed by atoms with E-state index in [4.69, 9.17) is 16.0 Å². The number of rotatable bonds is 7. The Morgan fingerprint density at radius 1 is 1.29 bits per heavy atom. The molecule has 0 amide bonds. The minimum Gasteiger partial charge on any atom is -0.469 e. The normalized spacial score (nSPS) is 12.8. The Balaban J connectivity index is 1.91. The standard InChI is InChI=1S/C17H23ClN2O/c1-13-14(9-11-21-13)12-20(3)10-8-17(19-2)15-6-4-5-7-16(15)18/h4-7,9,11,17,19H,8,10,12H2,1-3H3. The summed E-state index contributed by atoms with van der Waals surface area (Å²) in [5, 5.41) is 4.18. The fourth-order valence-corrected chi connectivity index (χ4v) is 2.78. The summed E-state index contributed by atoms with van der Waals surface area (Å²) in [6.07, 6.45) is 2.76. The molecule has 1 aromatic heterocycles. The summed E-state index contributed by atoms with van der Waals surface area (Å²) in [5.74, 6) is 0.998. The molecule has 0 fully saturated rings. The van der Waals surface area contributed by atoms with E-state index < -0.39 is 0 Å². The highest BCUT2D eigenvalue weighted by Crippen LogP contribution is 2.25. The van der Waals surface area contributed by atoms with Crippen LogP contribution in [0.3, 0.4) is 0 Å². The number of furan rings is 1. The van der Waals surface area contributed by atoms with Gasteiger partial charge in [0.1, 0.15) is 5.76 Å². The van der Waals surface area contributed by atoms with Crippen LogP contribution in [0.25, 0.3) is 0 Å². The van der Waals surface area contributed by atoms with Crippen molar-refractivity contribution in [3.05, 3.63) is 58.5 Å². The molecule has 1 heterocycles. The summed E-state index contributed by atoms with van der Waals surface area (Å²) in [5.41, 5.74) is 2.41. The Hall–Kier alpha value is -1.29. The summed E-state index contributed by atoms with van der Waals surface area (Å²) in [4.78, 5) is 2.30. The van der Waals surface area contributed by atoms with Gasteiger partial charge in [0.2, 0.25) is 0 Å². The SMILES string of the molecule is CNC(CCN(C)Cc1ccoc1C)c1ccccc1Cl. The van der Waals surface area contributed by atoms with E-state index in [2.05, 4.69) is 23.3 Å². The summed E-state index contributed by atoms with van der Waals surface area (Å²) >= 11 is 6.28. The molecule has 0 aliphatic heterocycles. The topological polar surface area (TPSA) is 28.4 Å². The number of halogens is 1. The van der Waals surface area contributed by atoms with Crippen LogP contribution in [0.2, 0.25) is 5.02 Å². The third-order valence-corrected chi connectivity index (χ3v) is 4.18. The number of aryl methyl sites for hydroxylation is 1. The van der Waals surface area contributed by atoms with Crippen LogP contribution < -0.4 is 5.32 Å². The average Bonchev–Trinajstić information content (AvgIpc) is 2.86. The van der Waals surface area contributed by atoms with Gasteiger partial charge in [-0.15, -0.1) is 0 Å². The van der Waals surface area contributed by atoms with E-state index in [0.717, 1.165) is 35.9 Å². The van der Waals surface area contributed by atoms with Gasteiger partial charge < -0.3 is 14.6 Å². The second kappa shape index (κ2) is 7.64. The van der Waals surface area contributed by atoms with Crippen molar-refractivity contribution >= 4 is 11.6 Å². The van der Waals surface area contributed by atoms with Crippen LogP contribution in [0.1, 0.15) is 29.3 Å². The van der Waals surface area contributed by atoms with Crippen LogP contribution in [0, 0.1) is 6.92 Å². The summed E-state index contributed by atoms with van der Waals surface area (Å²) in [6.45, 7) is 3.89. The number of hydrogen-bond acceptors (Lipinski definition) is 3. The van der Waals surface area contributed by atoms with Crippen LogP contribution in [0.5, 0.6) is 0 Å². The van der Waals surface area contributed by atoms with Gasteiger partial charge in [-0.25, -0.2) is 0 Å². The second-order valence-corrected chi connectivity index (χ2v) is 5.80. The molecule has 1 aromatic carbocycles. The quantitative estimate of drug-likeness (QED) is 0.837. The molecular weight excluding hydrogens is 284 g/mol. The number of hydrogen-bond donors (Lipinski definition) is 1. The van der Waals surface area contributed by atoms with Gasteiger partial charge in [-0.3, -0.25) is 0 Å². The lowest BCUT2D eigenvalue weighted by atomic mass is 10.0. The first kappa shape index (κ1) is 16.1. The van der Waals surface area contributed by atoms with Gasteiger partial charge in [0.15, 0.2) is 0 Å². The van der Waals surface area contributed by atoms with E-state index in [1.807, 2.05) is 38.2 Å². The summed E-state index contributed by atoms with van der Waals surface area (Å²) < 4.78 is 5.34. The largest absolute Gasteiger partial charge is 0.469 e. The molecule has 4 heteroatoms. The molecule has 0 aliphatic carbocycles. The number of benzene rings is 1. The first-order valence-corrected chi connectivity index (χ1v) is 7.62. The molecular formula is C17H23ClN2O. The van der Waals surface area contributed by atoms with Gasteiger partial charge in [0.25, 0.3) is 0 Å². The van der Waals surface area contributed by atoms with E-state index >= 15 is 0 Å². The Morgan fingerprint density at radius 2 is 2.05 bits per heavy atom. The monoisotopic (exact) mass is 306 g/mol. The van der Waals surface area contributed by atoms with E-state index in [-0.39, 0.29) is 6.04 Å². The molecule has 0 spiro atoms. The molecule has 3 nitrogen and oxygen atoms in total. The minimum absolute atomic E-state index is 0.270. The maximum absolute atomic E-state index is 6.28. The van der Waals surface area contributed by atoms with E-state index in [1.54, 1.807) is 6.26 Å². The Bertz CT molecular complexity index is 567. The molecule has 0 bridgehead atoms. The fourth-order valence-electron chi connectivity index (χ4n) is 2.51. The number of nitrogens with zero attached hydrogens (tertiary/aromatic N) is 1. The van der Waals surface area contributed by atoms with Crippen LogP contribution in [0.15, 0.2) is 41.0 Å². The molecule has 114 valence electrons. The molecule has 1 N–H and O–H groups in total. The zero-order valence-electron chi connectivity index (χ0n) is 12.9. The van der Waals surface area contributed by atoms with Gasteiger partial charge in [0.05, 0.1) is 6.26 Å². The average molecular weight is 307 g/mol. The van der Waals surface area contributed by atoms with Crippen LogP contribution in [-0.2, 0) is 6.54 Å². The third-order valence-electron chi connectivity index (χ3n) is 3.84. The highest BCUT2D eigenvalue weighted by Gasteiger charge is 2.14. The molecule has 0 saturated carbocycles. The molecule has 1 atom stereocenters. The summed E-state index contributed by atoms with van der Waals surface area (Å²) in [7, 11) is 4.11. The molecule has 0 saturated heterocycles. The predicted molar refractivity (Wildman–Crippen MR) is 87.6 cm³/mol. The zero-order chi connectivity index (χ0) is 15.2. The maximum Gasteiger partial charge on any atom is 0.105 e. The molecule has 1 unspecified atom stereocenters. The minimum atomic E-state index is 0.270. The lowest BCUT2D eigenvalue weighted by molar-refractivity contribution is 0.302. The van der Waals surface area contributed by atoms with E-state index in [0.29, 0.717) is 0 Å². The van der Waals surface area contributed by atoms with Crippen LogP contribution >= 0.6 is 11.6 Å². The van der Waals surface area contributed by atoms with Crippen molar-refractivity contribution < 1.29 is 4.42 Å². The van der Waals surface area contributed by atoms with Crippen LogP contribution in [-0.4, -0.2) is 25.5 Å². The zero-order valence-corrected chi connectivity index (χ0v) is 13.7. The Kier molecular flexibility index (Phi) is 5.85. The molecule has 2 aromatic rings. The maximum atomic E-state index is 6.28. The second-order valence-electron chi connectivity index (χ2n) is 5.39. The molecule has 21 heavy (non-hydrogen) atoms. The van der Waals surface area contributed by atoms with Crippen molar-refractivity contribution in [3.8, 4) is 0 Å².